The van der Waals surface area contributed by atoms with Gasteiger partial charge in [0.1, 0.15) is 0 Å². The lowest BCUT2D eigenvalue weighted by Crippen LogP contribution is -2.32. The van der Waals surface area contributed by atoms with Gasteiger partial charge in [0.05, 0.1) is 0 Å². The number of nitrogens with one attached hydrogen (secondary N) is 1. The number of benzene rings is 1. The maximum atomic E-state index is 11.9. The Hall–Kier alpha value is -1.55. The number of carbonyl (C=O) groups excluding carboxylic acids is 1. The van der Waals surface area contributed by atoms with E-state index in [1.807, 2.05) is 25.1 Å². The first-order chi connectivity index (χ1) is 9.15. The number of amides is 1. The molecular weight excluding hydrogens is 238 g/mol. The molecule has 104 valence electrons. The first kappa shape index (κ1) is 13.9. The molecule has 1 aromatic carbocycles. The minimum Gasteiger partial charge on any atom is -0.399 e. The van der Waals surface area contributed by atoms with Crippen molar-refractivity contribution in [2.24, 2.45) is 0 Å². The molecule has 1 amide bonds. The van der Waals surface area contributed by atoms with E-state index in [1.165, 1.54) is 19.3 Å². The van der Waals surface area contributed by atoms with Gasteiger partial charge in [-0.3, -0.25) is 4.79 Å². The standard InChI is InChI=1S/C15H23N3O/c1-12-5-6-13(16)11-14(12)17-15(19)7-10-18-8-3-2-4-9-18/h5-6,11H,2-4,7-10,16H2,1H3,(H,17,19). The molecule has 4 heteroatoms. The van der Waals surface area contributed by atoms with Gasteiger partial charge in [0.25, 0.3) is 0 Å². The molecule has 1 saturated heterocycles. The van der Waals surface area contributed by atoms with Crippen molar-refractivity contribution in [1.29, 1.82) is 0 Å². The van der Waals surface area contributed by atoms with E-state index < -0.39 is 0 Å². The Morgan fingerprint density at radius 1 is 1.32 bits per heavy atom. The van der Waals surface area contributed by atoms with Crippen LogP contribution in [0.25, 0.3) is 0 Å². The highest BCUT2D eigenvalue weighted by molar-refractivity contribution is 5.92. The zero-order valence-electron chi connectivity index (χ0n) is 11.6. The van der Waals surface area contributed by atoms with Gasteiger partial charge in [0, 0.05) is 24.3 Å². The summed E-state index contributed by atoms with van der Waals surface area (Å²) in [6.45, 7) is 5.09. The minimum absolute atomic E-state index is 0.0688. The molecule has 0 radical (unpaired) electrons. The summed E-state index contributed by atoms with van der Waals surface area (Å²) >= 11 is 0. The van der Waals surface area contributed by atoms with Gasteiger partial charge < -0.3 is 16.0 Å². The first-order valence-corrected chi connectivity index (χ1v) is 7.03. The second kappa shape index (κ2) is 6.57. The Bertz CT molecular complexity index is 439. The Balaban J connectivity index is 1.81. The zero-order valence-corrected chi connectivity index (χ0v) is 11.6. The van der Waals surface area contributed by atoms with Crippen LogP contribution in [0.3, 0.4) is 0 Å². The number of hydrogen-bond acceptors (Lipinski definition) is 3. The van der Waals surface area contributed by atoms with E-state index in [9.17, 15) is 4.79 Å². The van der Waals surface area contributed by atoms with Gasteiger partial charge in [-0.25, -0.2) is 0 Å². The number of nitrogen functional groups attached to an aromatic ring is 1. The Labute approximate surface area is 115 Å². The van der Waals surface area contributed by atoms with Gasteiger partial charge in [-0.05, 0) is 50.6 Å². The van der Waals surface area contributed by atoms with Crippen molar-refractivity contribution in [3.8, 4) is 0 Å². The third-order valence-corrected chi connectivity index (χ3v) is 3.64. The lowest BCUT2D eigenvalue weighted by atomic mass is 10.1. The molecular formula is C15H23N3O. The monoisotopic (exact) mass is 261 g/mol. The molecule has 1 aliphatic heterocycles. The van der Waals surface area contributed by atoms with E-state index in [4.69, 9.17) is 5.73 Å². The number of likely N-dealkylation sites (tertiary alicyclic amines) is 1. The van der Waals surface area contributed by atoms with Crippen molar-refractivity contribution in [3.63, 3.8) is 0 Å². The summed E-state index contributed by atoms with van der Waals surface area (Å²) in [5.74, 6) is 0.0688. The van der Waals surface area contributed by atoms with Crippen LogP contribution in [-0.4, -0.2) is 30.4 Å². The van der Waals surface area contributed by atoms with Crippen LogP contribution in [0.15, 0.2) is 18.2 Å². The van der Waals surface area contributed by atoms with Crippen LogP contribution in [0.4, 0.5) is 11.4 Å². The van der Waals surface area contributed by atoms with E-state index >= 15 is 0 Å². The van der Waals surface area contributed by atoms with Crippen molar-refractivity contribution < 1.29 is 4.79 Å². The Morgan fingerprint density at radius 3 is 2.79 bits per heavy atom. The Morgan fingerprint density at radius 2 is 2.05 bits per heavy atom. The number of nitrogens with two attached hydrogens (primary N) is 1. The van der Waals surface area contributed by atoms with Crippen LogP contribution < -0.4 is 11.1 Å². The molecule has 0 spiro atoms. The molecule has 2 rings (SSSR count). The molecule has 0 saturated carbocycles. The molecule has 1 fully saturated rings. The summed E-state index contributed by atoms with van der Waals surface area (Å²) in [5.41, 5.74) is 8.28. The lowest BCUT2D eigenvalue weighted by Gasteiger charge is -2.26. The SMILES string of the molecule is Cc1ccc(N)cc1NC(=O)CCN1CCCCC1. The highest BCUT2D eigenvalue weighted by Gasteiger charge is 2.12. The summed E-state index contributed by atoms with van der Waals surface area (Å²) in [7, 11) is 0. The van der Waals surface area contributed by atoms with Gasteiger partial charge in [-0.2, -0.15) is 0 Å². The normalized spacial score (nSPS) is 16.3. The zero-order chi connectivity index (χ0) is 13.7. The van der Waals surface area contributed by atoms with Gasteiger partial charge in [-0.1, -0.05) is 12.5 Å². The fraction of sp³-hybridized carbons (Fsp3) is 0.533. The van der Waals surface area contributed by atoms with Gasteiger partial charge in [0.2, 0.25) is 5.91 Å². The highest BCUT2D eigenvalue weighted by Crippen LogP contribution is 2.18. The van der Waals surface area contributed by atoms with E-state index in [-0.39, 0.29) is 5.91 Å². The average molecular weight is 261 g/mol. The third kappa shape index (κ3) is 4.24. The second-order valence-electron chi connectivity index (χ2n) is 5.27. The number of carbonyl (C=O) groups is 1. The molecule has 0 aliphatic carbocycles. The maximum absolute atomic E-state index is 11.9. The molecule has 1 heterocycles. The summed E-state index contributed by atoms with van der Waals surface area (Å²) in [4.78, 5) is 14.3. The minimum atomic E-state index is 0.0688. The van der Waals surface area contributed by atoms with Gasteiger partial charge in [-0.15, -0.1) is 0 Å². The van der Waals surface area contributed by atoms with Crippen LogP contribution in [0.5, 0.6) is 0 Å². The van der Waals surface area contributed by atoms with Gasteiger partial charge >= 0.3 is 0 Å². The summed E-state index contributed by atoms with van der Waals surface area (Å²) in [5, 5.41) is 2.95. The molecule has 1 aliphatic rings. The predicted molar refractivity (Wildman–Crippen MR) is 79.1 cm³/mol. The summed E-state index contributed by atoms with van der Waals surface area (Å²) in [6.07, 6.45) is 4.39. The largest absolute Gasteiger partial charge is 0.399 e. The van der Waals surface area contributed by atoms with E-state index in [0.29, 0.717) is 12.1 Å². The predicted octanol–water partition coefficient (Wildman–Crippen LogP) is 2.39. The summed E-state index contributed by atoms with van der Waals surface area (Å²) in [6, 6.07) is 5.59. The first-order valence-electron chi connectivity index (χ1n) is 7.03. The number of aryl methyl sites for hydroxylation is 1. The number of nitrogens with zero attached hydrogens (tertiary/aromatic N) is 1. The van der Waals surface area contributed by atoms with Gasteiger partial charge in [0.15, 0.2) is 0 Å². The molecule has 3 N–H and O–H groups in total. The van der Waals surface area contributed by atoms with Crippen LogP contribution in [0, 0.1) is 6.92 Å². The molecule has 1 aromatic rings. The Kier molecular flexibility index (Phi) is 4.80. The highest BCUT2D eigenvalue weighted by atomic mass is 16.1. The molecule has 4 nitrogen and oxygen atoms in total. The average Bonchev–Trinajstić information content (AvgIpc) is 2.42. The van der Waals surface area contributed by atoms with Crippen LogP contribution in [0.2, 0.25) is 0 Å². The van der Waals surface area contributed by atoms with E-state index in [2.05, 4.69) is 10.2 Å². The lowest BCUT2D eigenvalue weighted by molar-refractivity contribution is -0.116. The second-order valence-corrected chi connectivity index (χ2v) is 5.27. The van der Waals surface area contributed by atoms with Crippen molar-refractivity contribution in [2.45, 2.75) is 32.6 Å². The van der Waals surface area contributed by atoms with Crippen molar-refractivity contribution >= 4 is 17.3 Å². The van der Waals surface area contributed by atoms with Crippen LogP contribution in [-0.2, 0) is 4.79 Å². The van der Waals surface area contributed by atoms with E-state index in [0.717, 1.165) is 30.9 Å². The molecule has 0 aromatic heterocycles. The van der Waals surface area contributed by atoms with E-state index in [1.54, 1.807) is 0 Å². The number of piperidine rings is 1. The number of anilines is 2. The van der Waals surface area contributed by atoms with Crippen molar-refractivity contribution in [3.05, 3.63) is 23.8 Å². The fourth-order valence-electron chi connectivity index (χ4n) is 2.43. The smallest absolute Gasteiger partial charge is 0.225 e. The van der Waals surface area contributed by atoms with Crippen molar-refractivity contribution in [1.82, 2.24) is 4.90 Å². The van der Waals surface area contributed by atoms with Crippen molar-refractivity contribution in [2.75, 3.05) is 30.7 Å². The topological polar surface area (TPSA) is 58.4 Å². The van der Waals surface area contributed by atoms with Crippen LogP contribution in [0.1, 0.15) is 31.2 Å². The summed E-state index contributed by atoms with van der Waals surface area (Å²) < 4.78 is 0. The quantitative estimate of drug-likeness (QED) is 0.818. The third-order valence-electron chi connectivity index (χ3n) is 3.64. The molecule has 0 bridgehead atoms. The van der Waals surface area contributed by atoms with Crippen LogP contribution >= 0.6 is 0 Å². The molecule has 0 atom stereocenters. The number of hydrogen-bond donors (Lipinski definition) is 2. The molecule has 19 heavy (non-hydrogen) atoms. The maximum Gasteiger partial charge on any atom is 0.225 e. The number of rotatable bonds is 4. The molecule has 0 unspecified atom stereocenters. The fourth-order valence-corrected chi connectivity index (χ4v) is 2.43.